The van der Waals surface area contributed by atoms with Gasteiger partial charge in [0.2, 0.25) is 0 Å². The molecule has 1 aliphatic rings. The van der Waals surface area contributed by atoms with Crippen molar-refractivity contribution in [3.05, 3.63) is 69.3 Å². The van der Waals surface area contributed by atoms with Gasteiger partial charge >= 0.3 is 0 Å². The molecule has 1 fully saturated rings. The van der Waals surface area contributed by atoms with Crippen molar-refractivity contribution >= 4 is 66.2 Å². The molecule has 1 heterocycles. The fourth-order valence-electron chi connectivity index (χ4n) is 2.07. The number of rotatable bonds is 4. The minimum atomic E-state index is -3.95. The van der Waals surface area contributed by atoms with Crippen molar-refractivity contribution in [1.29, 1.82) is 0 Å². The third-order valence-corrected chi connectivity index (χ3v) is 6.53. The number of carbonyl (C=O) groups is 1. The summed E-state index contributed by atoms with van der Waals surface area (Å²) in [6.45, 7) is 0. The monoisotopic (exact) mass is 472 g/mol. The van der Waals surface area contributed by atoms with Gasteiger partial charge in [-0.05, 0) is 51.8 Å². The number of hydrazine groups is 1. The van der Waals surface area contributed by atoms with Crippen LogP contribution in [-0.4, -0.2) is 23.7 Å². The van der Waals surface area contributed by atoms with Crippen LogP contribution in [0.15, 0.2) is 62.8 Å². The van der Waals surface area contributed by atoms with Crippen LogP contribution in [-0.2, 0) is 14.8 Å². The van der Waals surface area contributed by atoms with Crippen molar-refractivity contribution in [3.63, 3.8) is 0 Å². The van der Waals surface area contributed by atoms with Gasteiger partial charge in [0.05, 0.1) is 14.3 Å². The molecule has 2 aromatic carbocycles. The van der Waals surface area contributed by atoms with Gasteiger partial charge in [0.25, 0.3) is 15.9 Å². The number of nitrogens with one attached hydrogen (secondary N) is 1. The number of amides is 1. The zero-order valence-corrected chi connectivity index (χ0v) is 16.9. The summed E-state index contributed by atoms with van der Waals surface area (Å²) in [6.07, 6.45) is 1.51. The van der Waals surface area contributed by atoms with E-state index in [1.165, 1.54) is 36.4 Å². The molecule has 1 amide bonds. The Balaban J connectivity index is 1.85. The van der Waals surface area contributed by atoms with Crippen molar-refractivity contribution < 1.29 is 17.6 Å². The third-order valence-electron chi connectivity index (χ3n) is 3.30. The maximum Gasteiger partial charge on any atom is 0.281 e. The molecule has 1 N–H and O–H groups in total. The molecule has 0 atom stereocenters. The average molecular weight is 473 g/mol. The average Bonchev–Trinajstić information content (AvgIpc) is 2.86. The van der Waals surface area contributed by atoms with E-state index in [-0.39, 0.29) is 18.6 Å². The molecule has 0 aliphatic carbocycles. The van der Waals surface area contributed by atoms with Crippen LogP contribution in [0.25, 0.3) is 6.08 Å². The van der Waals surface area contributed by atoms with Gasteiger partial charge in [-0.1, -0.05) is 48.2 Å². The molecule has 0 aromatic heterocycles. The predicted molar refractivity (Wildman–Crippen MR) is 106 cm³/mol. The second-order valence-corrected chi connectivity index (χ2v) is 9.29. The summed E-state index contributed by atoms with van der Waals surface area (Å²) in [6, 6.07) is 11.9. The molecule has 2 aromatic rings. The second-order valence-electron chi connectivity index (χ2n) is 5.10. The van der Waals surface area contributed by atoms with E-state index in [4.69, 9.17) is 12.2 Å². The fraction of sp³-hybridized carbons (Fsp3) is 0. The van der Waals surface area contributed by atoms with Crippen LogP contribution in [0.1, 0.15) is 5.56 Å². The van der Waals surface area contributed by atoms with E-state index in [1.807, 2.05) is 0 Å². The number of sulfonamides is 1. The van der Waals surface area contributed by atoms with Gasteiger partial charge in [-0.25, -0.2) is 17.8 Å². The molecular formula is C16H10BrFN2O3S3. The summed E-state index contributed by atoms with van der Waals surface area (Å²) in [7, 11) is -3.95. The zero-order chi connectivity index (χ0) is 18.9. The van der Waals surface area contributed by atoms with E-state index in [0.29, 0.717) is 5.56 Å². The first-order chi connectivity index (χ1) is 12.3. The van der Waals surface area contributed by atoms with Crippen molar-refractivity contribution in [2.24, 2.45) is 0 Å². The lowest BCUT2D eigenvalue weighted by molar-refractivity contribution is -0.123. The lowest BCUT2D eigenvalue weighted by Gasteiger charge is -2.15. The highest BCUT2D eigenvalue weighted by atomic mass is 79.9. The normalized spacial score (nSPS) is 16.5. The summed E-state index contributed by atoms with van der Waals surface area (Å²) in [5, 5.41) is 0.812. The highest BCUT2D eigenvalue weighted by Gasteiger charge is 2.35. The van der Waals surface area contributed by atoms with Gasteiger partial charge in [-0.15, -0.1) is 4.83 Å². The molecule has 0 saturated carbocycles. The first-order valence-corrected chi connectivity index (χ1v) is 10.6. The summed E-state index contributed by atoms with van der Waals surface area (Å²) < 4.78 is 38.4. The number of thioether (sulfide) groups is 1. The van der Waals surface area contributed by atoms with E-state index in [0.717, 1.165) is 16.8 Å². The van der Waals surface area contributed by atoms with Crippen LogP contribution in [0.2, 0.25) is 0 Å². The van der Waals surface area contributed by atoms with Crippen LogP contribution >= 0.6 is 39.9 Å². The molecule has 0 unspecified atom stereocenters. The van der Waals surface area contributed by atoms with E-state index in [9.17, 15) is 17.6 Å². The second kappa shape index (κ2) is 7.57. The summed E-state index contributed by atoms with van der Waals surface area (Å²) in [4.78, 5) is 14.9. The van der Waals surface area contributed by atoms with Gasteiger partial charge in [0.15, 0.2) is 4.32 Å². The molecule has 0 bridgehead atoms. The Labute approximate surface area is 167 Å². The maximum absolute atomic E-state index is 13.3. The number of nitrogens with zero attached hydrogens (tertiary/aromatic N) is 1. The molecule has 0 radical (unpaired) electrons. The first kappa shape index (κ1) is 19.2. The summed E-state index contributed by atoms with van der Waals surface area (Å²) in [5.74, 6) is -1.02. The SMILES string of the molecule is O=C1/C(=C\c2ccc(F)c(Br)c2)SC(=S)N1NS(=O)(=O)c1ccccc1. The lowest BCUT2D eigenvalue weighted by atomic mass is 10.2. The molecule has 26 heavy (non-hydrogen) atoms. The Morgan fingerprint density at radius 1 is 1.19 bits per heavy atom. The number of benzene rings is 2. The Bertz CT molecular complexity index is 1030. The minimum absolute atomic E-state index is 0.0143. The van der Waals surface area contributed by atoms with Crippen molar-refractivity contribution in [1.82, 2.24) is 9.84 Å². The Kier molecular flexibility index (Phi) is 5.58. The molecule has 134 valence electrons. The van der Waals surface area contributed by atoms with Gasteiger partial charge < -0.3 is 0 Å². The minimum Gasteiger partial charge on any atom is -0.267 e. The molecule has 10 heteroatoms. The molecule has 5 nitrogen and oxygen atoms in total. The maximum atomic E-state index is 13.3. The molecule has 1 aliphatic heterocycles. The van der Waals surface area contributed by atoms with Crippen LogP contribution in [0.5, 0.6) is 0 Å². The molecule has 1 saturated heterocycles. The highest BCUT2D eigenvalue weighted by Crippen LogP contribution is 2.32. The van der Waals surface area contributed by atoms with Crippen molar-refractivity contribution in [2.45, 2.75) is 4.90 Å². The van der Waals surface area contributed by atoms with Crippen LogP contribution in [0.4, 0.5) is 4.39 Å². The van der Waals surface area contributed by atoms with Crippen LogP contribution in [0.3, 0.4) is 0 Å². The molecular weight excluding hydrogens is 463 g/mol. The number of halogens is 2. The smallest absolute Gasteiger partial charge is 0.267 e. The van der Waals surface area contributed by atoms with Crippen molar-refractivity contribution in [3.8, 4) is 0 Å². The van der Waals surface area contributed by atoms with Gasteiger partial charge in [-0.2, -0.15) is 0 Å². The van der Waals surface area contributed by atoms with E-state index < -0.39 is 21.7 Å². The zero-order valence-electron chi connectivity index (χ0n) is 12.8. The van der Waals surface area contributed by atoms with Crippen LogP contribution < -0.4 is 4.83 Å². The first-order valence-electron chi connectivity index (χ1n) is 7.08. The van der Waals surface area contributed by atoms with Gasteiger partial charge in [0, 0.05) is 0 Å². The Hall–Kier alpha value is -1.59. The Morgan fingerprint density at radius 3 is 2.54 bits per heavy atom. The number of hydrogen-bond donors (Lipinski definition) is 1. The highest BCUT2D eigenvalue weighted by molar-refractivity contribution is 9.10. The standard InChI is InChI=1S/C16H10BrFN2O3S3/c17-12-8-10(6-7-13(12)18)9-14-15(21)20(16(24)25-14)19-26(22,23)11-4-2-1-3-5-11/h1-9,19H/b14-9+. The molecule has 0 spiro atoms. The van der Waals surface area contributed by atoms with E-state index in [1.54, 1.807) is 18.2 Å². The topological polar surface area (TPSA) is 66.5 Å². The largest absolute Gasteiger partial charge is 0.281 e. The lowest BCUT2D eigenvalue weighted by Crippen LogP contribution is -2.44. The molecule has 3 rings (SSSR count). The van der Waals surface area contributed by atoms with E-state index in [2.05, 4.69) is 20.8 Å². The number of carbonyl (C=O) groups excluding carboxylic acids is 1. The number of hydrogen-bond acceptors (Lipinski definition) is 5. The van der Waals surface area contributed by atoms with E-state index >= 15 is 0 Å². The van der Waals surface area contributed by atoms with Gasteiger partial charge in [-0.3, -0.25) is 4.79 Å². The van der Waals surface area contributed by atoms with Crippen molar-refractivity contribution in [2.75, 3.05) is 0 Å². The van der Waals surface area contributed by atoms with Gasteiger partial charge in [0.1, 0.15) is 5.82 Å². The third kappa shape index (κ3) is 4.04. The fourth-order valence-corrected chi connectivity index (χ4v) is 4.80. The summed E-state index contributed by atoms with van der Waals surface area (Å²) in [5.41, 5.74) is 0.574. The quantitative estimate of drug-likeness (QED) is 0.542. The summed E-state index contributed by atoms with van der Waals surface area (Å²) >= 11 is 9.14. The Morgan fingerprint density at radius 2 is 1.88 bits per heavy atom. The van der Waals surface area contributed by atoms with Crippen LogP contribution in [0, 0.1) is 5.82 Å². The number of thiocarbonyl (C=S) groups is 1. The predicted octanol–water partition coefficient (Wildman–Crippen LogP) is 3.68.